The van der Waals surface area contributed by atoms with Crippen LogP contribution in [0.1, 0.15) is 5.56 Å². The van der Waals surface area contributed by atoms with Gasteiger partial charge in [-0.1, -0.05) is 18.2 Å². The minimum Gasteiger partial charge on any atom is -0.481 e. The first-order valence-electron chi connectivity index (χ1n) is 6.14. The molecule has 3 N–H and O–H groups in total. The van der Waals surface area contributed by atoms with E-state index < -0.39 is 23.8 Å². The highest BCUT2D eigenvalue weighted by Crippen LogP contribution is 2.16. The number of rotatable bonds is 3. The van der Waals surface area contributed by atoms with Crippen molar-refractivity contribution in [3.63, 3.8) is 0 Å². The summed E-state index contributed by atoms with van der Waals surface area (Å²) in [6.45, 7) is -0.447. The van der Waals surface area contributed by atoms with Crippen LogP contribution in [-0.2, 0) is 20.8 Å². The molecule has 1 aromatic rings. The predicted octanol–water partition coefficient (Wildman–Crippen LogP) is -0.196. The Balaban J connectivity index is 2.10. The number of carboxylic acids is 1. The van der Waals surface area contributed by atoms with Gasteiger partial charge in [-0.3, -0.25) is 19.7 Å². The molecule has 0 atom stereocenters. The zero-order valence-electron chi connectivity index (χ0n) is 11.0. The van der Waals surface area contributed by atoms with Crippen LogP contribution in [0.15, 0.2) is 24.3 Å². The van der Waals surface area contributed by atoms with E-state index in [4.69, 9.17) is 5.11 Å². The summed E-state index contributed by atoms with van der Waals surface area (Å²) in [5.41, 5.74) is 0.773. The van der Waals surface area contributed by atoms with Crippen LogP contribution in [-0.4, -0.2) is 46.9 Å². The fourth-order valence-electron chi connectivity index (χ4n) is 1.93. The number of hydrogen-bond donors (Lipinski definition) is 3. The van der Waals surface area contributed by atoms with Crippen molar-refractivity contribution in [2.75, 3.05) is 18.4 Å². The monoisotopic (exact) mass is 291 g/mol. The molecule has 1 aromatic carbocycles. The molecule has 21 heavy (non-hydrogen) atoms. The van der Waals surface area contributed by atoms with Gasteiger partial charge in [0.25, 0.3) is 0 Å². The van der Waals surface area contributed by atoms with Crippen LogP contribution in [0, 0.1) is 0 Å². The quantitative estimate of drug-likeness (QED) is 0.667. The van der Waals surface area contributed by atoms with Gasteiger partial charge in [0.2, 0.25) is 11.8 Å². The number of amides is 4. The summed E-state index contributed by atoms with van der Waals surface area (Å²) >= 11 is 0. The van der Waals surface area contributed by atoms with Crippen molar-refractivity contribution in [2.45, 2.75) is 6.42 Å². The van der Waals surface area contributed by atoms with Crippen molar-refractivity contribution in [3.8, 4) is 0 Å². The zero-order valence-corrected chi connectivity index (χ0v) is 11.0. The Morgan fingerprint density at radius 3 is 2.43 bits per heavy atom. The third kappa shape index (κ3) is 3.78. The molecule has 2 rings (SSSR count). The fourth-order valence-corrected chi connectivity index (χ4v) is 1.93. The van der Waals surface area contributed by atoms with Crippen LogP contribution >= 0.6 is 0 Å². The summed E-state index contributed by atoms with van der Waals surface area (Å²) in [6, 6.07) is 5.82. The highest BCUT2D eigenvalue weighted by atomic mass is 16.4. The number of para-hydroxylation sites is 1. The summed E-state index contributed by atoms with van der Waals surface area (Å²) in [7, 11) is 0. The van der Waals surface area contributed by atoms with Crippen LogP contribution < -0.4 is 10.6 Å². The van der Waals surface area contributed by atoms with E-state index in [1.54, 1.807) is 24.3 Å². The minimum absolute atomic E-state index is 0.224. The molecular weight excluding hydrogens is 278 g/mol. The number of urea groups is 1. The molecule has 0 spiro atoms. The first kappa shape index (κ1) is 14.5. The predicted molar refractivity (Wildman–Crippen MR) is 71.5 cm³/mol. The molecule has 0 aliphatic carbocycles. The second-order valence-corrected chi connectivity index (χ2v) is 4.49. The Morgan fingerprint density at radius 2 is 1.81 bits per heavy atom. The fraction of sp³-hybridized carbons (Fsp3) is 0.231. The second kappa shape index (κ2) is 6.04. The first-order valence-corrected chi connectivity index (χ1v) is 6.14. The molecule has 8 heteroatoms. The molecule has 0 unspecified atom stereocenters. The molecular formula is C13H13N3O5. The summed E-state index contributed by atoms with van der Waals surface area (Å²) < 4.78 is 0. The van der Waals surface area contributed by atoms with E-state index in [1.807, 2.05) is 0 Å². The maximum absolute atomic E-state index is 12.0. The van der Waals surface area contributed by atoms with Crippen molar-refractivity contribution >= 4 is 29.5 Å². The average Bonchev–Trinajstić information content (AvgIpc) is 2.39. The number of benzene rings is 1. The molecule has 1 aliphatic rings. The lowest BCUT2D eigenvalue weighted by Crippen LogP contribution is -2.54. The summed E-state index contributed by atoms with van der Waals surface area (Å²) in [6.07, 6.45) is -0.240. The number of piperazine rings is 1. The number of hydrogen-bond acceptors (Lipinski definition) is 4. The van der Waals surface area contributed by atoms with Gasteiger partial charge < -0.3 is 15.3 Å². The van der Waals surface area contributed by atoms with Gasteiger partial charge in [-0.2, -0.15) is 0 Å². The SMILES string of the molecule is O=C(O)Cc1ccccc1NC(=O)N1CC(=O)NC(=O)C1. The van der Waals surface area contributed by atoms with Gasteiger partial charge in [0.15, 0.2) is 0 Å². The van der Waals surface area contributed by atoms with E-state index in [0.29, 0.717) is 11.3 Å². The summed E-state index contributed by atoms with van der Waals surface area (Å²) in [5.74, 6) is -2.13. The molecule has 0 radical (unpaired) electrons. The number of nitrogens with zero attached hydrogens (tertiary/aromatic N) is 1. The van der Waals surface area contributed by atoms with E-state index >= 15 is 0 Å². The highest BCUT2D eigenvalue weighted by Gasteiger charge is 2.26. The topological polar surface area (TPSA) is 116 Å². The van der Waals surface area contributed by atoms with E-state index in [0.717, 1.165) is 4.90 Å². The van der Waals surface area contributed by atoms with Gasteiger partial charge in [-0.25, -0.2) is 4.79 Å². The van der Waals surface area contributed by atoms with Crippen LogP contribution in [0.5, 0.6) is 0 Å². The summed E-state index contributed by atoms with van der Waals surface area (Å²) in [5, 5.41) is 13.4. The van der Waals surface area contributed by atoms with Crippen LogP contribution in [0.25, 0.3) is 0 Å². The zero-order chi connectivity index (χ0) is 15.4. The Hall–Kier alpha value is -2.90. The Morgan fingerprint density at radius 1 is 1.19 bits per heavy atom. The Kier molecular flexibility index (Phi) is 4.17. The normalized spacial score (nSPS) is 14.6. The largest absolute Gasteiger partial charge is 0.481 e. The van der Waals surface area contributed by atoms with E-state index in [-0.39, 0.29) is 19.5 Å². The minimum atomic E-state index is -1.02. The van der Waals surface area contributed by atoms with Crippen LogP contribution in [0.3, 0.4) is 0 Å². The van der Waals surface area contributed by atoms with Crippen molar-refractivity contribution < 1.29 is 24.3 Å². The molecule has 0 saturated carbocycles. The number of imide groups is 1. The molecule has 1 fully saturated rings. The van der Waals surface area contributed by atoms with Crippen molar-refractivity contribution in [2.24, 2.45) is 0 Å². The Labute approximate surface area is 119 Å². The third-order valence-corrected chi connectivity index (χ3v) is 2.84. The van der Waals surface area contributed by atoms with Crippen molar-refractivity contribution in [1.82, 2.24) is 10.2 Å². The molecule has 0 aromatic heterocycles. The standard InChI is InChI=1S/C13H13N3O5/c17-10-6-16(7-11(18)15-10)13(21)14-9-4-2-1-3-8(9)5-12(19)20/h1-4H,5-7H2,(H,14,21)(H,19,20)(H,15,17,18). The Bertz CT molecular complexity index is 598. The maximum atomic E-state index is 12.0. The van der Waals surface area contributed by atoms with Gasteiger partial charge >= 0.3 is 12.0 Å². The third-order valence-electron chi connectivity index (χ3n) is 2.84. The van der Waals surface area contributed by atoms with Gasteiger partial charge in [-0.15, -0.1) is 0 Å². The van der Waals surface area contributed by atoms with E-state index in [1.165, 1.54) is 0 Å². The molecule has 0 bridgehead atoms. The lowest BCUT2D eigenvalue weighted by molar-refractivity contribution is -0.136. The lowest BCUT2D eigenvalue weighted by Gasteiger charge is -2.26. The van der Waals surface area contributed by atoms with Crippen LogP contribution in [0.4, 0.5) is 10.5 Å². The van der Waals surface area contributed by atoms with Gasteiger partial charge in [0.05, 0.1) is 6.42 Å². The molecule has 1 heterocycles. The second-order valence-electron chi connectivity index (χ2n) is 4.49. The number of anilines is 1. The lowest BCUT2D eigenvalue weighted by atomic mass is 10.1. The number of nitrogens with one attached hydrogen (secondary N) is 2. The highest BCUT2D eigenvalue weighted by molar-refractivity contribution is 6.04. The first-order chi connectivity index (χ1) is 9.95. The maximum Gasteiger partial charge on any atom is 0.322 e. The van der Waals surface area contributed by atoms with Gasteiger partial charge in [0.1, 0.15) is 13.1 Å². The van der Waals surface area contributed by atoms with Gasteiger partial charge in [0, 0.05) is 5.69 Å². The number of carboxylic acid groups (broad SMARTS) is 1. The summed E-state index contributed by atoms with van der Waals surface area (Å²) in [4.78, 5) is 46.3. The number of aliphatic carboxylic acids is 1. The van der Waals surface area contributed by atoms with E-state index in [2.05, 4.69) is 10.6 Å². The number of carbonyl (C=O) groups excluding carboxylic acids is 3. The van der Waals surface area contributed by atoms with Crippen molar-refractivity contribution in [1.29, 1.82) is 0 Å². The van der Waals surface area contributed by atoms with Crippen molar-refractivity contribution in [3.05, 3.63) is 29.8 Å². The molecule has 1 saturated heterocycles. The average molecular weight is 291 g/mol. The smallest absolute Gasteiger partial charge is 0.322 e. The van der Waals surface area contributed by atoms with Gasteiger partial charge in [-0.05, 0) is 11.6 Å². The molecule has 4 amide bonds. The number of carbonyl (C=O) groups is 4. The molecule has 1 aliphatic heterocycles. The van der Waals surface area contributed by atoms with E-state index in [9.17, 15) is 19.2 Å². The molecule has 110 valence electrons. The molecule has 8 nitrogen and oxygen atoms in total. The van der Waals surface area contributed by atoms with Crippen LogP contribution in [0.2, 0.25) is 0 Å².